The van der Waals surface area contributed by atoms with Crippen LogP contribution < -0.4 is 10.6 Å². The van der Waals surface area contributed by atoms with Crippen LogP contribution >= 0.6 is 22.9 Å². The van der Waals surface area contributed by atoms with Crippen LogP contribution in [0.3, 0.4) is 0 Å². The van der Waals surface area contributed by atoms with Crippen LogP contribution in [0.5, 0.6) is 0 Å². The lowest BCUT2D eigenvalue weighted by molar-refractivity contribution is -0.384. The molecule has 2 aromatic rings. The summed E-state index contributed by atoms with van der Waals surface area (Å²) < 4.78 is 0. The van der Waals surface area contributed by atoms with E-state index in [0.29, 0.717) is 23.5 Å². The number of nitrogens with one attached hydrogen (secondary N) is 2. The Labute approximate surface area is 145 Å². The molecule has 124 valence electrons. The molecular weight excluding hydrogens is 356 g/mol. The fraction of sp³-hybridized carbons (Fsp3) is 0.214. The number of aromatic nitrogens is 1. The van der Waals surface area contributed by atoms with Crippen LogP contribution in [0.4, 0.5) is 10.8 Å². The van der Waals surface area contributed by atoms with E-state index in [9.17, 15) is 19.7 Å². The van der Waals surface area contributed by atoms with Gasteiger partial charge in [-0.15, -0.1) is 0 Å². The lowest BCUT2D eigenvalue weighted by atomic mass is 10.2. The molecule has 0 bridgehead atoms. The normalized spacial score (nSPS) is 13.6. The molecule has 8 nitrogen and oxygen atoms in total. The van der Waals surface area contributed by atoms with Crippen LogP contribution in [0.1, 0.15) is 32.1 Å². The van der Waals surface area contributed by atoms with E-state index in [1.807, 2.05) is 0 Å². The van der Waals surface area contributed by atoms with Gasteiger partial charge in [0, 0.05) is 18.2 Å². The summed E-state index contributed by atoms with van der Waals surface area (Å²) in [7, 11) is 0. The van der Waals surface area contributed by atoms with Crippen molar-refractivity contribution in [1.29, 1.82) is 0 Å². The van der Waals surface area contributed by atoms with Crippen molar-refractivity contribution in [2.24, 2.45) is 0 Å². The molecule has 0 saturated heterocycles. The molecule has 24 heavy (non-hydrogen) atoms. The van der Waals surface area contributed by atoms with Gasteiger partial charge in [-0.25, -0.2) is 4.98 Å². The predicted octanol–water partition coefficient (Wildman–Crippen LogP) is 2.63. The molecule has 2 N–H and O–H groups in total. The first-order valence-corrected chi connectivity index (χ1v) is 8.18. The number of rotatable bonds is 3. The summed E-state index contributed by atoms with van der Waals surface area (Å²) in [5.74, 6) is -0.762. The van der Waals surface area contributed by atoms with Gasteiger partial charge >= 0.3 is 0 Å². The fourth-order valence-electron chi connectivity index (χ4n) is 2.25. The smallest absolute Gasteiger partial charge is 0.288 e. The molecular formula is C14H11ClN4O4S. The number of nitrogens with zero attached hydrogens (tertiary/aromatic N) is 2. The number of anilines is 1. The van der Waals surface area contributed by atoms with Crippen LogP contribution in [0.15, 0.2) is 18.2 Å². The van der Waals surface area contributed by atoms with E-state index in [4.69, 9.17) is 11.6 Å². The lowest BCUT2D eigenvalue weighted by Crippen LogP contribution is -2.21. The second-order valence-corrected chi connectivity index (χ2v) is 6.44. The second-order valence-electron chi connectivity index (χ2n) is 5.03. The van der Waals surface area contributed by atoms with Gasteiger partial charge in [0.2, 0.25) is 0 Å². The van der Waals surface area contributed by atoms with Crippen molar-refractivity contribution in [1.82, 2.24) is 10.3 Å². The van der Waals surface area contributed by atoms with E-state index in [1.165, 1.54) is 12.1 Å². The highest BCUT2D eigenvalue weighted by Gasteiger charge is 2.22. The Morgan fingerprint density at radius 2 is 2.25 bits per heavy atom. The van der Waals surface area contributed by atoms with Gasteiger partial charge in [0.1, 0.15) is 9.90 Å². The molecule has 0 fully saturated rings. The molecule has 0 radical (unpaired) electrons. The number of nitro benzene ring substituents is 1. The topological polar surface area (TPSA) is 114 Å². The number of amides is 2. The number of aryl methyl sites for hydroxylation is 1. The van der Waals surface area contributed by atoms with Crippen LogP contribution in [0.25, 0.3) is 0 Å². The molecule has 2 amide bonds. The number of carbonyl (C=O) groups excluding carboxylic acids is 2. The Morgan fingerprint density at radius 1 is 1.46 bits per heavy atom. The summed E-state index contributed by atoms with van der Waals surface area (Å²) >= 11 is 6.81. The Kier molecular flexibility index (Phi) is 4.45. The molecule has 3 rings (SSSR count). The number of hydrogen-bond acceptors (Lipinski definition) is 6. The number of halogens is 1. The number of thiazole rings is 1. The van der Waals surface area contributed by atoms with Crippen molar-refractivity contribution in [2.45, 2.75) is 12.8 Å². The van der Waals surface area contributed by atoms with Gasteiger partial charge in [-0.1, -0.05) is 22.9 Å². The SMILES string of the molecule is O=C(Nc1nc2c(s1)C(=O)NCCC2)c1ccc(Cl)c([N+](=O)[O-])c1. The first-order chi connectivity index (χ1) is 11.5. The maximum Gasteiger partial charge on any atom is 0.288 e. The maximum absolute atomic E-state index is 12.3. The minimum Gasteiger partial charge on any atom is -0.351 e. The zero-order chi connectivity index (χ0) is 17.3. The van der Waals surface area contributed by atoms with E-state index < -0.39 is 10.8 Å². The van der Waals surface area contributed by atoms with Crippen molar-refractivity contribution in [2.75, 3.05) is 11.9 Å². The minimum atomic E-state index is -0.658. The van der Waals surface area contributed by atoms with Crippen molar-refractivity contribution in [3.8, 4) is 0 Å². The molecule has 0 spiro atoms. The van der Waals surface area contributed by atoms with Crippen molar-refractivity contribution < 1.29 is 14.5 Å². The average Bonchev–Trinajstić information content (AvgIpc) is 2.86. The minimum absolute atomic E-state index is 0.0471. The van der Waals surface area contributed by atoms with Gasteiger partial charge in [-0.05, 0) is 25.0 Å². The van der Waals surface area contributed by atoms with Gasteiger partial charge in [0.05, 0.1) is 10.6 Å². The standard InChI is InChI=1S/C14H11ClN4O4S/c15-8-4-3-7(6-10(8)19(22)23)12(20)18-14-17-9-2-1-5-16-13(21)11(9)24-14/h3-4,6H,1-2,5H2,(H,16,21)(H,17,18,20). The number of nitro groups is 1. The Balaban J connectivity index is 1.83. The van der Waals surface area contributed by atoms with Gasteiger partial charge in [-0.3, -0.25) is 25.0 Å². The van der Waals surface area contributed by atoms with Crippen LogP contribution in [0, 0.1) is 10.1 Å². The van der Waals surface area contributed by atoms with Gasteiger partial charge in [0.15, 0.2) is 5.13 Å². The summed E-state index contributed by atoms with van der Waals surface area (Å²) in [6.45, 7) is 0.595. The molecule has 2 heterocycles. The predicted molar refractivity (Wildman–Crippen MR) is 88.8 cm³/mol. The molecule has 1 aromatic carbocycles. The molecule has 1 aromatic heterocycles. The Hall–Kier alpha value is -2.52. The van der Waals surface area contributed by atoms with E-state index in [2.05, 4.69) is 15.6 Å². The second kappa shape index (κ2) is 6.54. The number of fused-ring (bicyclic) bond motifs is 1. The third-order valence-electron chi connectivity index (χ3n) is 3.40. The summed E-state index contributed by atoms with van der Waals surface area (Å²) in [5.41, 5.74) is 0.381. The van der Waals surface area contributed by atoms with Gasteiger partial charge in [0.25, 0.3) is 17.5 Å². The molecule has 0 atom stereocenters. The average molecular weight is 367 g/mol. The lowest BCUT2D eigenvalue weighted by Gasteiger charge is -2.03. The summed E-state index contributed by atoms with van der Waals surface area (Å²) in [4.78, 5) is 39.1. The number of carbonyl (C=O) groups is 2. The molecule has 1 aliphatic heterocycles. The number of benzene rings is 1. The summed E-state index contributed by atoms with van der Waals surface area (Å²) in [6, 6.07) is 3.78. The third kappa shape index (κ3) is 3.22. The first kappa shape index (κ1) is 16.3. The quantitative estimate of drug-likeness (QED) is 0.640. The summed E-state index contributed by atoms with van der Waals surface area (Å²) in [6.07, 6.45) is 1.42. The highest BCUT2D eigenvalue weighted by atomic mass is 35.5. The Bertz CT molecular complexity index is 851. The molecule has 10 heteroatoms. The van der Waals surface area contributed by atoms with E-state index in [-0.39, 0.29) is 27.3 Å². The van der Waals surface area contributed by atoms with Crippen molar-refractivity contribution in [3.05, 3.63) is 49.5 Å². The van der Waals surface area contributed by atoms with Gasteiger partial charge in [-0.2, -0.15) is 0 Å². The molecule has 0 aliphatic carbocycles. The molecule has 0 saturated carbocycles. The van der Waals surface area contributed by atoms with Crippen molar-refractivity contribution in [3.63, 3.8) is 0 Å². The van der Waals surface area contributed by atoms with E-state index >= 15 is 0 Å². The number of hydrogen-bond donors (Lipinski definition) is 2. The highest BCUT2D eigenvalue weighted by molar-refractivity contribution is 7.17. The monoisotopic (exact) mass is 366 g/mol. The van der Waals surface area contributed by atoms with Gasteiger partial charge < -0.3 is 5.32 Å². The zero-order valence-corrected chi connectivity index (χ0v) is 13.7. The highest BCUT2D eigenvalue weighted by Crippen LogP contribution is 2.28. The van der Waals surface area contributed by atoms with Crippen molar-refractivity contribution >= 4 is 45.6 Å². The largest absolute Gasteiger partial charge is 0.351 e. The van der Waals surface area contributed by atoms with Crippen LogP contribution in [0.2, 0.25) is 5.02 Å². The molecule has 1 aliphatic rings. The van der Waals surface area contributed by atoms with E-state index in [1.54, 1.807) is 0 Å². The third-order valence-corrected chi connectivity index (χ3v) is 4.74. The van der Waals surface area contributed by atoms with E-state index in [0.717, 1.165) is 23.8 Å². The zero-order valence-electron chi connectivity index (χ0n) is 12.2. The molecule has 0 unspecified atom stereocenters. The summed E-state index contributed by atoms with van der Waals surface area (Å²) in [5, 5.41) is 16.4. The first-order valence-electron chi connectivity index (χ1n) is 6.99. The maximum atomic E-state index is 12.3. The van der Waals surface area contributed by atoms with Crippen LogP contribution in [-0.4, -0.2) is 28.3 Å². The van der Waals surface area contributed by atoms with Crippen LogP contribution in [-0.2, 0) is 6.42 Å². The Morgan fingerprint density at radius 3 is 3.00 bits per heavy atom. The fourth-order valence-corrected chi connectivity index (χ4v) is 3.36.